The Kier molecular flexibility index (Phi) is 4.53. The second kappa shape index (κ2) is 6.37. The van der Waals surface area contributed by atoms with E-state index < -0.39 is 0 Å². The standard InChI is InChI=1S/C14H13ClN2S3/c1-9(14-16-6-8-19-14)17-13(10-3-2-7-18-10)11-4-5-12(15)20-11/h2-9,13,17H,1H3. The van der Waals surface area contributed by atoms with Crippen LogP contribution in [0.4, 0.5) is 0 Å². The minimum Gasteiger partial charge on any atom is -0.296 e. The highest BCUT2D eigenvalue weighted by atomic mass is 35.5. The molecule has 0 fully saturated rings. The van der Waals surface area contributed by atoms with Crippen molar-refractivity contribution in [3.63, 3.8) is 0 Å². The fourth-order valence-electron chi connectivity index (χ4n) is 2.01. The lowest BCUT2D eigenvalue weighted by atomic mass is 10.1. The first-order valence-corrected chi connectivity index (χ1v) is 9.13. The van der Waals surface area contributed by atoms with E-state index in [1.807, 2.05) is 17.6 Å². The summed E-state index contributed by atoms with van der Waals surface area (Å²) in [6, 6.07) is 8.67. The second-order valence-electron chi connectivity index (χ2n) is 4.35. The number of hydrogen-bond donors (Lipinski definition) is 1. The molecule has 0 amide bonds. The zero-order valence-corrected chi connectivity index (χ0v) is 14.0. The van der Waals surface area contributed by atoms with Crippen LogP contribution in [0.5, 0.6) is 0 Å². The van der Waals surface area contributed by atoms with Crippen LogP contribution < -0.4 is 5.32 Å². The minimum absolute atomic E-state index is 0.173. The largest absolute Gasteiger partial charge is 0.296 e. The topological polar surface area (TPSA) is 24.9 Å². The summed E-state index contributed by atoms with van der Waals surface area (Å²) in [7, 11) is 0. The molecule has 0 aliphatic heterocycles. The lowest BCUT2D eigenvalue weighted by Crippen LogP contribution is -2.24. The molecule has 0 saturated heterocycles. The van der Waals surface area contributed by atoms with E-state index in [0.717, 1.165) is 9.34 Å². The van der Waals surface area contributed by atoms with Gasteiger partial charge in [0.25, 0.3) is 0 Å². The summed E-state index contributed by atoms with van der Waals surface area (Å²) in [6.07, 6.45) is 1.85. The molecule has 3 aromatic rings. The molecule has 20 heavy (non-hydrogen) atoms. The van der Waals surface area contributed by atoms with Gasteiger partial charge < -0.3 is 0 Å². The molecule has 2 atom stereocenters. The predicted octanol–water partition coefficient (Wildman–Crippen LogP) is 5.36. The third kappa shape index (κ3) is 3.13. The van der Waals surface area contributed by atoms with Gasteiger partial charge >= 0.3 is 0 Å². The highest BCUT2D eigenvalue weighted by Gasteiger charge is 2.21. The van der Waals surface area contributed by atoms with Crippen molar-refractivity contribution in [3.05, 3.63) is 60.3 Å². The van der Waals surface area contributed by atoms with Gasteiger partial charge in [-0.1, -0.05) is 17.7 Å². The zero-order valence-electron chi connectivity index (χ0n) is 10.7. The van der Waals surface area contributed by atoms with Crippen molar-refractivity contribution in [1.29, 1.82) is 0 Å². The van der Waals surface area contributed by atoms with Gasteiger partial charge in [0, 0.05) is 21.3 Å². The zero-order chi connectivity index (χ0) is 13.9. The van der Waals surface area contributed by atoms with E-state index in [0.29, 0.717) is 0 Å². The Morgan fingerprint density at radius 1 is 1.15 bits per heavy atom. The van der Waals surface area contributed by atoms with Crippen LogP contribution >= 0.6 is 45.6 Å². The van der Waals surface area contributed by atoms with Crippen LogP contribution in [0, 0.1) is 0 Å². The monoisotopic (exact) mass is 340 g/mol. The van der Waals surface area contributed by atoms with Gasteiger partial charge in [-0.2, -0.15) is 0 Å². The van der Waals surface area contributed by atoms with Gasteiger partial charge in [0.05, 0.1) is 16.4 Å². The SMILES string of the molecule is CC(NC(c1cccs1)c1ccc(Cl)s1)c1nccs1. The number of thiophene rings is 2. The van der Waals surface area contributed by atoms with Gasteiger partial charge in [-0.15, -0.1) is 34.0 Å². The highest BCUT2D eigenvalue weighted by Crippen LogP contribution is 2.34. The molecule has 0 aliphatic rings. The average molecular weight is 341 g/mol. The molecule has 1 N–H and O–H groups in total. The molecule has 0 bridgehead atoms. The van der Waals surface area contributed by atoms with Crippen molar-refractivity contribution in [1.82, 2.24) is 10.3 Å². The van der Waals surface area contributed by atoms with Crippen molar-refractivity contribution < 1.29 is 0 Å². The number of halogens is 1. The Balaban J connectivity index is 1.87. The Bertz CT molecular complexity index is 646. The average Bonchev–Trinajstić information content (AvgIpc) is 3.17. The first-order chi connectivity index (χ1) is 9.74. The molecule has 0 saturated carbocycles. The van der Waals surface area contributed by atoms with Crippen molar-refractivity contribution in [2.75, 3.05) is 0 Å². The molecule has 3 heterocycles. The summed E-state index contributed by atoms with van der Waals surface area (Å²) in [6.45, 7) is 2.15. The van der Waals surface area contributed by atoms with Gasteiger partial charge in [0.1, 0.15) is 5.01 Å². The first-order valence-electron chi connectivity index (χ1n) is 6.18. The quantitative estimate of drug-likeness (QED) is 0.676. The Labute approximate surface area is 135 Å². The number of hydrogen-bond acceptors (Lipinski definition) is 5. The highest BCUT2D eigenvalue weighted by molar-refractivity contribution is 7.16. The summed E-state index contributed by atoms with van der Waals surface area (Å²) in [5.41, 5.74) is 0. The van der Waals surface area contributed by atoms with Crippen molar-refractivity contribution in [2.45, 2.75) is 19.0 Å². The summed E-state index contributed by atoms with van der Waals surface area (Å²) >= 11 is 11.1. The molecule has 2 nitrogen and oxygen atoms in total. The first kappa shape index (κ1) is 14.2. The maximum atomic E-state index is 6.09. The Hall–Kier alpha value is -0.720. The number of aromatic nitrogens is 1. The number of nitrogens with zero attached hydrogens (tertiary/aromatic N) is 1. The molecular weight excluding hydrogens is 328 g/mol. The van der Waals surface area contributed by atoms with Crippen molar-refractivity contribution in [3.8, 4) is 0 Å². The van der Waals surface area contributed by atoms with E-state index in [2.05, 4.69) is 40.8 Å². The molecule has 0 spiro atoms. The lowest BCUT2D eigenvalue weighted by molar-refractivity contribution is 0.524. The van der Waals surface area contributed by atoms with Gasteiger partial charge in [-0.3, -0.25) is 5.32 Å². The summed E-state index contributed by atoms with van der Waals surface area (Å²) in [5.74, 6) is 0. The summed E-state index contributed by atoms with van der Waals surface area (Å²) in [5, 5.41) is 8.88. The van der Waals surface area contributed by atoms with Crippen molar-refractivity contribution in [2.24, 2.45) is 0 Å². The van der Waals surface area contributed by atoms with Crippen LogP contribution in [0.1, 0.15) is 33.8 Å². The van der Waals surface area contributed by atoms with Crippen LogP contribution in [0.25, 0.3) is 0 Å². The normalized spacial score (nSPS) is 14.3. The predicted molar refractivity (Wildman–Crippen MR) is 89.2 cm³/mol. The molecule has 0 radical (unpaired) electrons. The second-order valence-corrected chi connectivity index (χ2v) is 8.00. The smallest absolute Gasteiger partial charge is 0.109 e. The van der Waals surface area contributed by atoms with E-state index in [1.54, 1.807) is 34.0 Å². The van der Waals surface area contributed by atoms with Crippen LogP contribution in [-0.2, 0) is 0 Å². The molecule has 0 aromatic carbocycles. The maximum absolute atomic E-state index is 6.09. The summed E-state index contributed by atoms with van der Waals surface area (Å²) < 4.78 is 0.824. The fraction of sp³-hybridized carbons (Fsp3) is 0.214. The van der Waals surface area contributed by atoms with Crippen LogP contribution in [0.15, 0.2) is 41.2 Å². The van der Waals surface area contributed by atoms with E-state index >= 15 is 0 Å². The maximum Gasteiger partial charge on any atom is 0.109 e. The number of thiazole rings is 1. The Morgan fingerprint density at radius 3 is 2.65 bits per heavy atom. The van der Waals surface area contributed by atoms with E-state index in [1.165, 1.54) is 9.75 Å². The minimum atomic E-state index is 0.173. The molecule has 104 valence electrons. The van der Waals surface area contributed by atoms with Crippen LogP contribution in [0.3, 0.4) is 0 Å². The van der Waals surface area contributed by atoms with Gasteiger partial charge in [-0.25, -0.2) is 4.98 Å². The molecular formula is C14H13ClN2S3. The van der Waals surface area contributed by atoms with Crippen molar-refractivity contribution >= 4 is 45.6 Å². The van der Waals surface area contributed by atoms with Crippen LogP contribution in [0.2, 0.25) is 4.34 Å². The molecule has 3 rings (SSSR count). The molecule has 3 aromatic heterocycles. The van der Waals surface area contributed by atoms with E-state index in [9.17, 15) is 0 Å². The molecule has 2 unspecified atom stereocenters. The molecule has 0 aliphatic carbocycles. The van der Waals surface area contributed by atoms with Gasteiger partial charge in [0.15, 0.2) is 0 Å². The molecule has 6 heteroatoms. The van der Waals surface area contributed by atoms with Gasteiger partial charge in [-0.05, 0) is 30.5 Å². The van der Waals surface area contributed by atoms with E-state index in [4.69, 9.17) is 11.6 Å². The third-order valence-electron chi connectivity index (χ3n) is 2.94. The number of rotatable bonds is 5. The third-order valence-corrected chi connectivity index (χ3v) is 6.14. The Morgan fingerprint density at radius 2 is 2.05 bits per heavy atom. The van der Waals surface area contributed by atoms with Crippen LogP contribution in [-0.4, -0.2) is 4.98 Å². The van der Waals surface area contributed by atoms with E-state index in [-0.39, 0.29) is 12.1 Å². The lowest BCUT2D eigenvalue weighted by Gasteiger charge is -2.20. The van der Waals surface area contributed by atoms with Gasteiger partial charge in [0.2, 0.25) is 0 Å². The summed E-state index contributed by atoms with van der Waals surface area (Å²) in [4.78, 5) is 6.92. The number of nitrogens with one attached hydrogen (secondary N) is 1. The fourth-order valence-corrected chi connectivity index (χ4v) is 4.69.